The van der Waals surface area contributed by atoms with Crippen LogP contribution in [0.4, 0.5) is 11.4 Å². The van der Waals surface area contributed by atoms with E-state index in [1.54, 1.807) is 0 Å². The van der Waals surface area contributed by atoms with E-state index in [4.69, 9.17) is 4.74 Å². The summed E-state index contributed by atoms with van der Waals surface area (Å²) in [4.78, 5) is 0. The van der Waals surface area contributed by atoms with Crippen LogP contribution in [0.2, 0.25) is 0 Å². The van der Waals surface area contributed by atoms with Crippen molar-refractivity contribution < 1.29 is 4.74 Å². The van der Waals surface area contributed by atoms with Gasteiger partial charge in [-0.2, -0.15) is 0 Å². The van der Waals surface area contributed by atoms with Gasteiger partial charge in [-0.3, -0.25) is 0 Å². The monoisotopic (exact) mass is 409 g/mol. The fourth-order valence-electron chi connectivity index (χ4n) is 5.40. The van der Waals surface area contributed by atoms with Gasteiger partial charge in [0.2, 0.25) is 0 Å². The Morgan fingerprint density at radius 1 is 0.935 bits per heavy atom. The highest BCUT2D eigenvalue weighted by Crippen LogP contribution is 2.48. The molecule has 0 amide bonds. The predicted octanol–water partition coefficient (Wildman–Crippen LogP) is 7.96. The highest BCUT2D eigenvalue weighted by atomic mass is 16.5. The maximum absolute atomic E-state index is 6.49. The standard InChI is InChI=1S/C29H31NO/c1-3-21-14-16-24-25-17-15-22-12-8-9-13-27(22)30-29(25)28(18-26(24)23(21)4-2)31-19-20-10-6-5-7-11-20/h5-13,15,17-18,21,23,30H,3-4,14,16,19H2,1-2H3. The number of nitrogens with one attached hydrogen (secondary N) is 1. The molecule has 0 fully saturated rings. The minimum absolute atomic E-state index is 0.576. The fourth-order valence-corrected chi connectivity index (χ4v) is 5.40. The highest BCUT2D eigenvalue weighted by Gasteiger charge is 2.31. The van der Waals surface area contributed by atoms with Crippen LogP contribution in [0, 0.1) is 5.92 Å². The Hall–Kier alpha value is -3.00. The van der Waals surface area contributed by atoms with Crippen molar-refractivity contribution in [3.8, 4) is 5.75 Å². The zero-order chi connectivity index (χ0) is 21.2. The van der Waals surface area contributed by atoms with Crippen molar-refractivity contribution in [2.45, 2.75) is 52.1 Å². The highest BCUT2D eigenvalue weighted by molar-refractivity contribution is 5.91. The number of fused-ring (bicyclic) bond motifs is 4. The van der Waals surface area contributed by atoms with Crippen LogP contribution in [0.25, 0.3) is 12.2 Å². The zero-order valence-electron chi connectivity index (χ0n) is 18.5. The third kappa shape index (κ3) is 3.76. The van der Waals surface area contributed by atoms with Gasteiger partial charge in [0.05, 0.1) is 5.69 Å². The third-order valence-corrected chi connectivity index (χ3v) is 7.06. The molecular formula is C29H31NO. The van der Waals surface area contributed by atoms with E-state index in [0.717, 1.165) is 29.5 Å². The molecule has 1 N–H and O–H groups in total. The van der Waals surface area contributed by atoms with Gasteiger partial charge >= 0.3 is 0 Å². The topological polar surface area (TPSA) is 21.3 Å². The summed E-state index contributed by atoms with van der Waals surface area (Å²) in [5.41, 5.74) is 8.98. The minimum atomic E-state index is 0.576. The smallest absolute Gasteiger partial charge is 0.144 e. The van der Waals surface area contributed by atoms with E-state index in [9.17, 15) is 0 Å². The number of hydrogen-bond donors (Lipinski definition) is 1. The van der Waals surface area contributed by atoms with Crippen LogP contribution in [0.1, 0.15) is 66.8 Å². The second-order valence-corrected chi connectivity index (χ2v) is 8.77. The molecule has 1 aliphatic heterocycles. The lowest BCUT2D eigenvalue weighted by Crippen LogP contribution is -2.21. The van der Waals surface area contributed by atoms with Gasteiger partial charge in [0.15, 0.2) is 0 Å². The number of benzene rings is 3. The van der Waals surface area contributed by atoms with Crippen molar-refractivity contribution in [1.82, 2.24) is 0 Å². The molecule has 0 radical (unpaired) electrons. The second-order valence-electron chi connectivity index (χ2n) is 8.77. The molecule has 2 nitrogen and oxygen atoms in total. The molecule has 1 heterocycles. The molecule has 0 aromatic heterocycles. The molecule has 1 aliphatic carbocycles. The van der Waals surface area contributed by atoms with Crippen LogP contribution in [-0.2, 0) is 13.0 Å². The summed E-state index contributed by atoms with van der Waals surface area (Å²) in [5.74, 6) is 2.34. The van der Waals surface area contributed by atoms with Crippen molar-refractivity contribution >= 4 is 23.5 Å². The summed E-state index contributed by atoms with van der Waals surface area (Å²) in [7, 11) is 0. The molecule has 158 valence electrons. The summed E-state index contributed by atoms with van der Waals surface area (Å²) in [6, 6.07) is 21.3. The van der Waals surface area contributed by atoms with Gasteiger partial charge in [-0.1, -0.05) is 81.0 Å². The molecule has 2 aliphatic rings. The Kier molecular flexibility index (Phi) is 5.55. The lowest BCUT2D eigenvalue weighted by molar-refractivity contribution is 0.304. The minimum Gasteiger partial charge on any atom is -0.487 e. The first kappa shape index (κ1) is 19.9. The number of ether oxygens (including phenoxy) is 1. The second kappa shape index (κ2) is 8.63. The van der Waals surface area contributed by atoms with E-state index >= 15 is 0 Å². The number of rotatable bonds is 5. The van der Waals surface area contributed by atoms with E-state index in [2.05, 4.69) is 92.0 Å². The largest absolute Gasteiger partial charge is 0.487 e. The summed E-state index contributed by atoms with van der Waals surface area (Å²) in [5, 5.41) is 3.73. The first-order valence-electron chi connectivity index (χ1n) is 11.7. The van der Waals surface area contributed by atoms with Gasteiger partial charge in [-0.05, 0) is 65.5 Å². The summed E-state index contributed by atoms with van der Waals surface area (Å²) in [6.07, 6.45) is 9.41. The number of hydrogen-bond acceptors (Lipinski definition) is 2. The van der Waals surface area contributed by atoms with Crippen LogP contribution in [0.3, 0.4) is 0 Å². The summed E-state index contributed by atoms with van der Waals surface area (Å²) in [6.45, 7) is 5.25. The third-order valence-electron chi connectivity index (χ3n) is 7.06. The molecule has 3 aromatic rings. The molecular weight excluding hydrogens is 378 g/mol. The molecule has 0 spiro atoms. The molecule has 3 aromatic carbocycles. The Morgan fingerprint density at radius 2 is 1.74 bits per heavy atom. The Bertz CT molecular complexity index is 1100. The van der Waals surface area contributed by atoms with Gasteiger partial charge < -0.3 is 10.1 Å². The maximum Gasteiger partial charge on any atom is 0.144 e. The Balaban J connectivity index is 1.63. The molecule has 31 heavy (non-hydrogen) atoms. The van der Waals surface area contributed by atoms with Crippen LogP contribution >= 0.6 is 0 Å². The van der Waals surface area contributed by atoms with Gasteiger partial charge in [0.1, 0.15) is 12.4 Å². The summed E-state index contributed by atoms with van der Waals surface area (Å²) < 4.78 is 6.49. The van der Waals surface area contributed by atoms with Crippen molar-refractivity contribution in [3.05, 3.63) is 88.5 Å². The van der Waals surface area contributed by atoms with Gasteiger partial charge in [0.25, 0.3) is 0 Å². The van der Waals surface area contributed by atoms with Crippen LogP contribution < -0.4 is 10.1 Å². The van der Waals surface area contributed by atoms with Crippen LogP contribution in [-0.4, -0.2) is 0 Å². The normalized spacial score (nSPS) is 18.9. The van der Waals surface area contributed by atoms with Crippen LogP contribution in [0.15, 0.2) is 60.7 Å². The molecule has 2 unspecified atom stereocenters. The first-order valence-corrected chi connectivity index (χ1v) is 11.7. The summed E-state index contributed by atoms with van der Waals surface area (Å²) >= 11 is 0. The van der Waals surface area contributed by atoms with E-state index in [1.807, 2.05) is 0 Å². The molecule has 5 rings (SSSR count). The molecule has 0 saturated carbocycles. The SMILES string of the molecule is CCC1CCc2c(cc(OCc3ccccc3)c3c2C=Cc2ccccc2N3)C1CC. The lowest BCUT2D eigenvalue weighted by Gasteiger charge is -2.35. The molecule has 2 atom stereocenters. The molecule has 2 heteroatoms. The average molecular weight is 410 g/mol. The van der Waals surface area contributed by atoms with E-state index < -0.39 is 0 Å². The van der Waals surface area contributed by atoms with E-state index in [-0.39, 0.29) is 0 Å². The fraction of sp³-hybridized carbons (Fsp3) is 0.310. The number of anilines is 2. The van der Waals surface area contributed by atoms with Crippen molar-refractivity contribution in [2.75, 3.05) is 5.32 Å². The maximum atomic E-state index is 6.49. The predicted molar refractivity (Wildman–Crippen MR) is 131 cm³/mol. The Labute approximate surface area is 186 Å². The van der Waals surface area contributed by atoms with Crippen molar-refractivity contribution in [2.24, 2.45) is 5.92 Å². The van der Waals surface area contributed by atoms with E-state index in [0.29, 0.717) is 12.5 Å². The Morgan fingerprint density at radius 3 is 2.55 bits per heavy atom. The average Bonchev–Trinajstić information content (AvgIpc) is 3.02. The van der Waals surface area contributed by atoms with E-state index in [1.165, 1.54) is 47.1 Å². The molecule has 0 bridgehead atoms. The van der Waals surface area contributed by atoms with Crippen molar-refractivity contribution in [3.63, 3.8) is 0 Å². The van der Waals surface area contributed by atoms with Gasteiger partial charge in [0, 0.05) is 11.3 Å². The van der Waals surface area contributed by atoms with Gasteiger partial charge in [-0.15, -0.1) is 0 Å². The first-order chi connectivity index (χ1) is 15.3. The van der Waals surface area contributed by atoms with Crippen LogP contribution in [0.5, 0.6) is 5.75 Å². The quantitative estimate of drug-likeness (QED) is 0.361. The lowest BCUT2D eigenvalue weighted by atomic mass is 9.71. The molecule has 0 saturated heterocycles. The van der Waals surface area contributed by atoms with Gasteiger partial charge in [-0.25, -0.2) is 0 Å². The zero-order valence-corrected chi connectivity index (χ0v) is 18.5. The number of para-hydroxylation sites is 1. The van der Waals surface area contributed by atoms with Crippen molar-refractivity contribution in [1.29, 1.82) is 0 Å².